The van der Waals surface area contributed by atoms with Crippen LogP contribution in [0, 0.1) is 11.8 Å². The summed E-state index contributed by atoms with van der Waals surface area (Å²) in [7, 11) is 0. The van der Waals surface area contributed by atoms with Crippen molar-refractivity contribution in [2.24, 2.45) is 0 Å². The van der Waals surface area contributed by atoms with Crippen LogP contribution in [0.5, 0.6) is 0 Å². The summed E-state index contributed by atoms with van der Waals surface area (Å²) < 4.78 is 3.09. The zero-order chi connectivity index (χ0) is 8.91. The van der Waals surface area contributed by atoms with Gasteiger partial charge in [-0.1, -0.05) is 29.1 Å². The molecule has 0 unspecified atom stereocenters. The van der Waals surface area contributed by atoms with E-state index >= 15 is 0 Å². The van der Waals surface area contributed by atoms with Gasteiger partial charge in [0.2, 0.25) is 4.33 Å². The molecule has 0 saturated heterocycles. The van der Waals surface area contributed by atoms with Crippen LogP contribution < -0.4 is 0 Å². The molecule has 2 nitrogen and oxygen atoms in total. The quantitative estimate of drug-likeness (QED) is 0.381. The maximum atomic E-state index is 10.8. The summed E-state index contributed by atoms with van der Waals surface area (Å²) >= 11 is 10.8. The van der Waals surface area contributed by atoms with Crippen LogP contribution in [0.15, 0.2) is 0 Å². The highest BCUT2D eigenvalue weighted by atomic mass is 35.5. The Hall–Kier alpha value is -0.390. The molecule has 0 aliphatic heterocycles. The fourth-order valence-electron chi connectivity index (χ4n) is 0.301. The van der Waals surface area contributed by atoms with Gasteiger partial charge in [0, 0.05) is 0 Å². The number of rotatable bonds is 2. The maximum absolute atomic E-state index is 10.8. The summed E-state index contributed by atoms with van der Waals surface area (Å²) in [5, 5.41) is 0. The van der Waals surface area contributed by atoms with Crippen LogP contribution in [0.4, 0.5) is 0 Å². The van der Waals surface area contributed by atoms with Gasteiger partial charge < -0.3 is 4.74 Å². The van der Waals surface area contributed by atoms with E-state index in [9.17, 15) is 4.79 Å². The molecule has 0 rings (SSSR count). The second kappa shape index (κ2) is 4.48. The van der Waals surface area contributed by atoms with E-state index in [1.54, 1.807) is 6.92 Å². The second-order valence-corrected chi connectivity index (χ2v) is 3.60. The van der Waals surface area contributed by atoms with Gasteiger partial charge in [-0.25, -0.2) is 4.79 Å². The molecule has 0 aliphatic carbocycles. The summed E-state index contributed by atoms with van der Waals surface area (Å²) in [6.07, 6.45) is 0. The van der Waals surface area contributed by atoms with Crippen molar-refractivity contribution in [2.45, 2.75) is 18.2 Å². The van der Waals surface area contributed by atoms with Crippen LogP contribution in [0.1, 0.15) is 13.8 Å². The minimum atomic E-state index is -1.48. The lowest BCUT2D eigenvalue weighted by atomic mass is 10.5. The number of ether oxygens (including phenoxy) is 1. The van der Waals surface area contributed by atoms with Gasteiger partial charge in [0.1, 0.15) is 0 Å². The third kappa shape index (κ3) is 4.94. The smallest absolute Gasteiger partial charge is 0.343 e. The number of hydrogen-bond acceptors (Lipinski definition) is 2. The zero-order valence-electron chi connectivity index (χ0n) is 6.28. The van der Waals surface area contributed by atoms with Gasteiger partial charge in [-0.2, -0.15) is 0 Å². The Labute approximate surface area is 75.8 Å². The number of hydrogen-bond donors (Lipinski definition) is 0. The topological polar surface area (TPSA) is 26.3 Å². The van der Waals surface area contributed by atoms with E-state index in [1.807, 2.05) is 0 Å². The van der Waals surface area contributed by atoms with Gasteiger partial charge in [-0.15, -0.1) is 5.92 Å². The van der Waals surface area contributed by atoms with Crippen molar-refractivity contribution in [1.29, 1.82) is 0 Å². The van der Waals surface area contributed by atoms with Crippen LogP contribution in [0.2, 0.25) is 0 Å². The van der Waals surface area contributed by atoms with E-state index in [2.05, 4.69) is 16.6 Å². The predicted molar refractivity (Wildman–Crippen MR) is 44.5 cm³/mol. The largest absolute Gasteiger partial charge is 0.450 e. The van der Waals surface area contributed by atoms with Crippen LogP contribution in [0.3, 0.4) is 0 Å². The highest BCUT2D eigenvalue weighted by Crippen LogP contribution is 2.20. The molecule has 0 bridgehead atoms. The molecular weight excluding hydrogens is 187 g/mol. The average Bonchev–Trinajstić information content (AvgIpc) is 1.86. The van der Waals surface area contributed by atoms with Crippen LogP contribution >= 0.6 is 23.2 Å². The second-order valence-electron chi connectivity index (χ2n) is 1.89. The molecule has 62 valence electrons. The van der Waals surface area contributed by atoms with Crippen molar-refractivity contribution in [1.82, 2.24) is 0 Å². The summed E-state index contributed by atoms with van der Waals surface area (Å²) in [6.45, 7) is 3.02. The highest BCUT2D eigenvalue weighted by molar-refractivity contribution is 6.57. The Morgan fingerprint density at radius 2 is 2.18 bits per heavy atom. The number of carbonyl (C=O) groups is 1. The summed E-state index contributed by atoms with van der Waals surface area (Å²) in [5.74, 6) is 4.42. The molecule has 4 heteroatoms. The summed E-state index contributed by atoms with van der Waals surface area (Å²) in [4.78, 5) is 10.8. The van der Waals surface area contributed by atoms with E-state index in [1.165, 1.54) is 6.92 Å². The Morgan fingerprint density at radius 1 is 1.64 bits per heavy atom. The van der Waals surface area contributed by atoms with Crippen LogP contribution in [0.25, 0.3) is 0 Å². The van der Waals surface area contributed by atoms with Crippen molar-refractivity contribution < 1.29 is 9.53 Å². The Kier molecular flexibility index (Phi) is 4.32. The Morgan fingerprint density at radius 3 is 2.55 bits per heavy atom. The van der Waals surface area contributed by atoms with E-state index in [0.29, 0.717) is 0 Å². The lowest BCUT2D eigenvalue weighted by molar-refractivity contribution is -0.142. The van der Waals surface area contributed by atoms with Gasteiger partial charge in [0.05, 0.1) is 0 Å². The molecule has 0 aliphatic rings. The van der Waals surface area contributed by atoms with E-state index in [0.717, 1.165) is 0 Å². The first kappa shape index (κ1) is 10.6. The predicted octanol–water partition coefficient (Wildman–Crippen LogP) is 1.75. The van der Waals surface area contributed by atoms with E-state index in [-0.39, 0.29) is 6.61 Å². The maximum Gasteiger partial charge on any atom is 0.343 e. The van der Waals surface area contributed by atoms with Crippen molar-refractivity contribution in [3.8, 4) is 11.8 Å². The molecule has 0 aromatic rings. The molecule has 0 heterocycles. The lowest BCUT2D eigenvalue weighted by Crippen LogP contribution is -2.24. The third-order valence-corrected chi connectivity index (χ3v) is 1.12. The SMILES string of the molecule is CC#CCOC(=O)C(C)(Cl)Cl. The Bertz CT molecular complexity index is 195. The minimum Gasteiger partial charge on any atom is -0.450 e. The first-order valence-electron chi connectivity index (χ1n) is 2.93. The van der Waals surface area contributed by atoms with E-state index in [4.69, 9.17) is 23.2 Å². The number of halogens is 2. The fraction of sp³-hybridized carbons (Fsp3) is 0.571. The molecule has 0 N–H and O–H groups in total. The zero-order valence-corrected chi connectivity index (χ0v) is 7.79. The van der Waals surface area contributed by atoms with Gasteiger partial charge in [-0.05, 0) is 13.8 Å². The molecule has 0 atom stereocenters. The van der Waals surface area contributed by atoms with Crippen molar-refractivity contribution in [3.05, 3.63) is 0 Å². The molecule has 0 spiro atoms. The average molecular weight is 195 g/mol. The molecule has 0 saturated carbocycles. The van der Waals surface area contributed by atoms with Gasteiger partial charge in [0.25, 0.3) is 0 Å². The van der Waals surface area contributed by atoms with Gasteiger partial charge in [-0.3, -0.25) is 0 Å². The van der Waals surface area contributed by atoms with Crippen LogP contribution in [-0.2, 0) is 9.53 Å². The fourth-order valence-corrected chi connectivity index (χ4v) is 0.410. The van der Waals surface area contributed by atoms with Crippen molar-refractivity contribution in [3.63, 3.8) is 0 Å². The molecule has 0 fully saturated rings. The van der Waals surface area contributed by atoms with Crippen LogP contribution in [-0.4, -0.2) is 16.9 Å². The van der Waals surface area contributed by atoms with Crippen molar-refractivity contribution >= 4 is 29.2 Å². The van der Waals surface area contributed by atoms with Gasteiger partial charge >= 0.3 is 5.97 Å². The summed E-state index contributed by atoms with van der Waals surface area (Å²) in [5.41, 5.74) is 0. The summed E-state index contributed by atoms with van der Waals surface area (Å²) in [6, 6.07) is 0. The minimum absolute atomic E-state index is 0.0321. The monoisotopic (exact) mass is 194 g/mol. The highest BCUT2D eigenvalue weighted by Gasteiger charge is 2.28. The van der Waals surface area contributed by atoms with E-state index < -0.39 is 10.3 Å². The molecular formula is C7H8Cl2O2. The van der Waals surface area contributed by atoms with Crippen molar-refractivity contribution in [2.75, 3.05) is 6.61 Å². The first-order chi connectivity index (χ1) is 4.98. The number of alkyl halides is 2. The molecule has 0 radical (unpaired) electrons. The first-order valence-corrected chi connectivity index (χ1v) is 3.68. The molecule has 0 amide bonds. The molecule has 11 heavy (non-hydrogen) atoms. The lowest BCUT2D eigenvalue weighted by Gasteiger charge is -2.09. The molecule has 0 aromatic carbocycles. The molecule has 0 aromatic heterocycles. The number of carbonyl (C=O) groups excluding carboxylic acids is 1. The number of esters is 1. The normalized spacial score (nSPS) is 9.82. The third-order valence-electron chi connectivity index (χ3n) is 0.811. The standard InChI is InChI=1S/C7H8Cl2O2/c1-3-4-5-11-6(10)7(2,8)9/h5H2,1-2H3. The van der Waals surface area contributed by atoms with Gasteiger partial charge in [0.15, 0.2) is 6.61 Å². The Balaban J connectivity index is 3.77.